The SMILES string of the molecule is Cc1ccc(C(O)CCN(C)C(C)CC(C)C)cc1F. The standard InChI is InChI=1S/C17H28FNO/c1-12(2)10-14(4)19(5)9-8-17(20)15-7-6-13(3)16(18)11-15/h6-7,11-12,14,17,20H,8-10H2,1-5H3. The Bertz CT molecular complexity index is 419. The van der Waals surface area contributed by atoms with Gasteiger partial charge in [0.25, 0.3) is 0 Å². The number of halogens is 1. The van der Waals surface area contributed by atoms with Crippen LogP contribution in [0.3, 0.4) is 0 Å². The first kappa shape index (κ1) is 17.1. The summed E-state index contributed by atoms with van der Waals surface area (Å²) in [5.41, 5.74) is 1.28. The third-order valence-corrected chi connectivity index (χ3v) is 3.90. The molecule has 0 saturated heterocycles. The van der Waals surface area contributed by atoms with E-state index in [9.17, 15) is 9.50 Å². The van der Waals surface area contributed by atoms with Gasteiger partial charge in [0.15, 0.2) is 0 Å². The lowest BCUT2D eigenvalue weighted by molar-refractivity contribution is 0.134. The lowest BCUT2D eigenvalue weighted by atomic mass is 10.0. The lowest BCUT2D eigenvalue weighted by Gasteiger charge is -2.27. The molecule has 114 valence electrons. The van der Waals surface area contributed by atoms with Gasteiger partial charge in [-0.15, -0.1) is 0 Å². The van der Waals surface area contributed by atoms with Crippen molar-refractivity contribution < 1.29 is 9.50 Å². The Kier molecular flexibility index (Phi) is 6.63. The minimum atomic E-state index is -0.598. The van der Waals surface area contributed by atoms with Gasteiger partial charge in [0.2, 0.25) is 0 Å². The molecule has 0 heterocycles. The van der Waals surface area contributed by atoms with Gasteiger partial charge in [-0.05, 0) is 56.8 Å². The zero-order chi connectivity index (χ0) is 15.3. The molecule has 0 saturated carbocycles. The molecule has 2 unspecified atom stereocenters. The molecule has 0 radical (unpaired) electrons. The summed E-state index contributed by atoms with van der Waals surface area (Å²) in [6.07, 6.45) is 1.17. The first-order valence-corrected chi connectivity index (χ1v) is 7.45. The molecule has 0 aliphatic heterocycles. The van der Waals surface area contributed by atoms with E-state index in [-0.39, 0.29) is 5.82 Å². The molecule has 0 aromatic heterocycles. The third-order valence-electron chi connectivity index (χ3n) is 3.90. The average molecular weight is 281 g/mol. The number of nitrogens with zero attached hydrogens (tertiary/aromatic N) is 1. The van der Waals surface area contributed by atoms with Crippen molar-refractivity contribution in [3.8, 4) is 0 Å². The molecule has 0 bridgehead atoms. The quantitative estimate of drug-likeness (QED) is 0.818. The van der Waals surface area contributed by atoms with Crippen molar-refractivity contribution in [1.82, 2.24) is 4.90 Å². The van der Waals surface area contributed by atoms with E-state index in [2.05, 4.69) is 32.7 Å². The van der Waals surface area contributed by atoms with Crippen LogP contribution in [0.5, 0.6) is 0 Å². The van der Waals surface area contributed by atoms with Gasteiger partial charge in [-0.3, -0.25) is 0 Å². The van der Waals surface area contributed by atoms with Crippen LogP contribution in [0.15, 0.2) is 18.2 Å². The Morgan fingerprint density at radius 1 is 1.25 bits per heavy atom. The monoisotopic (exact) mass is 281 g/mol. The molecule has 0 spiro atoms. The molecule has 0 amide bonds. The fourth-order valence-corrected chi connectivity index (χ4v) is 2.39. The second-order valence-electron chi connectivity index (χ2n) is 6.27. The fourth-order valence-electron chi connectivity index (χ4n) is 2.39. The molecule has 1 rings (SSSR count). The first-order valence-electron chi connectivity index (χ1n) is 7.45. The number of hydrogen-bond acceptors (Lipinski definition) is 2. The van der Waals surface area contributed by atoms with Gasteiger partial charge in [-0.1, -0.05) is 26.0 Å². The van der Waals surface area contributed by atoms with Crippen molar-refractivity contribution >= 4 is 0 Å². The summed E-state index contributed by atoms with van der Waals surface area (Å²) in [6, 6.07) is 5.47. The van der Waals surface area contributed by atoms with Gasteiger partial charge in [0, 0.05) is 12.6 Å². The van der Waals surface area contributed by atoms with E-state index in [1.807, 2.05) is 0 Å². The molecule has 0 aliphatic carbocycles. The normalized spacial score (nSPS) is 14.8. The number of benzene rings is 1. The maximum atomic E-state index is 13.5. The highest BCUT2D eigenvalue weighted by Gasteiger charge is 2.14. The van der Waals surface area contributed by atoms with E-state index < -0.39 is 6.10 Å². The molecule has 0 fully saturated rings. The van der Waals surface area contributed by atoms with Crippen molar-refractivity contribution in [2.24, 2.45) is 5.92 Å². The fraction of sp³-hybridized carbons (Fsp3) is 0.647. The molecule has 2 atom stereocenters. The molecule has 0 aliphatic rings. The van der Waals surface area contributed by atoms with Crippen LogP contribution in [0.4, 0.5) is 4.39 Å². The summed E-state index contributed by atoms with van der Waals surface area (Å²) in [5, 5.41) is 10.2. The topological polar surface area (TPSA) is 23.5 Å². The van der Waals surface area contributed by atoms with Gasteiger partial charge < -0.3 is 10.0 Å². The molecule has 20 heavy (non-hydrogen) atoms. The van der Waals surface area contributed by atoms with Crippen LogP contribution in [0.2, 0.25) is 0 Å². The summed E-state index contributed by atoms with van der Waals surface area (Å²) in [4.78, 5) is 2.26. The molecular formula is C17H28FNO. The van der Waals surface area contributed by atoms with E-state index in [1.165, 1.54) is 6.07 Å². The molecule has 1 aromatic carbocycles. The van der Waals surface area contributed by atoms with Crippen molar-refractivity contribution in [2.75, 3.05) is 13.6 Å². The highest BCUT2D eigenvalue weighted by molar-refractivity contribution is 5.24. The summed E-state index contributed by atoms with van der Waals surface area (Å²) >= 11 is 0. The maximum Gasteiger partial charge on any atom is 0.126 e. The maximum absolute atomic E-state index is 13.5. The minimum absolute atomic E-state index is 0.247. The van der Waals surface area contributed by atoms with Crippen LogP contribution >= 0.6 is 0 Å². The van der Waals surface area contributed by atoms with Gasteiger partial charge in [-0.2, -0.15) is 0 Å². The van der Waals surface area contributed by atoms with E-state index in [0.29, 0.717) is 29.5 Å². The van der Waals surface area contributed by atoms with E-state index in [0.717, 1.165) is 13.0 Å². The Morgan fingerprint density at radius 3 is 2.45 bits per heavy atom. The largest absolute Gasteiger partial charge is 0.388 e. The molecule has 2 nitrogen and oxygen atoms in total. The van der Waals surface area contributed by atoms with Crippen molar-refractivity contribution in [3.63, 3.8) is 0 Å². The van der Waals surface area contributed by atoms with Crippen LogP contribution in [0.1, 0.15) is 50.8 Å². The zero-order valence-corrected chi connectivity index (χ0v) is 13.4. The second kappa shape index (κ2) is 7.75. The third kappa shape index (κ3) is 5.22. The Hall–Kier alpha value is -0.930. The van der Waals surface area contributed by atoms with Crippen LogP contribution < -0.4 is 0 Å². The minimum Gasteiger partial charge on any atom is -0.388 e. The Morgan fingerprint density at radius 2 is 1.90 bits per heavy atom. The Labute approximate surface area is 122 Å². The predicted molar refractivity (Wildman–Crippen MR) is 82.3 cm³/mol. The average Bonchev–Trinajstić information content (AvgIpc) is 2.37. The summed E-state index contributed by atoms with van der Waals surface area (Å²) in [5.74, 6) is 0.423. The van der Waals surface area contributed by atoms with E-state index in [4.69, 9.17) is 0 Å². The van der Waals surface area contributed by atoms with Crippen LogP contribution in [-0.4, -0.2) is 29.6 Å². The highest BCUT2D eigenvalue weighted by Crippen LogP contribution is 2.20. The lowest BCUT2D eigenvalue weighted by Crippen LogP contribution is -2.31. The van der Waals surface area contributed by atoms with E-state index in [1.54, 1.807) is 19.1 Å². The van der Waals surface area contributed by atoms with Crippen LogP contribution in [0, 0.1) is 18.7 Å². The van der Waals surface area contributed by atoms with Crippen molar-refractivity contribution in [3.05, 3.63) is 35.1 Å². The highest BCUT2D eigenvalue weighted by atomic mass is 19.1. The number of aliphatic hydroxyl groups excluding tert-OH is 1. The molecular weight excluding hydrogens is 253 g/mol. The number of aryl methyl sites for hydroxylation is 1. The predicted octanol–water partition coefficient (Wildman–Crippen LogP) is 3.92. The summed E-state index contributed by atoms with van der Waals surface area (Å²) < 4.78 is 13.5. The van der Waals surface area contributed by atoms with Crippen molar-refractivity contribution in [1.29, 1.82) is 0 Å². The van der Waals surface area contributed by atoms with E-state index >= 15 is 0 Å². The molecule has 3 heteroatoms. The summed E-state index contributed by atoms with van der Waals surface area (Å²) in [7, 11) is 2.08. The van der Waals surface area contributed by atoms with Gasteiger partial charge in [-0.25, -0.2) is 4.39 Å². The number of aliphatic hydroxyl groups is 1. The number of hydrogen-bond donors (Lipinski definition) is 1. The summed E-state index contributed by atoms with van der Waals surface area (Å²) in [6.45, 7) is 9.18. The van der Waals surface area contributed by atoms with Crippen molar-refractivity contribution in [2.45, 2.75) is 52.7 Å². The first-order chi connectivity index (χ1) is 9.31. The van der Waals surface area contributed by atoms with Crippen LogP contribution in [-0.2, 0) is 0 Å². The van der Waals surface area contributed by atoms with Gasteiger partial charge in [0.05, 0.1) is 6.10 Å². The van der Waals surface area contributed by atoms with Crippen LogP contribution in [0.25, 0.3) is 0 Å². The second-order valence-corrected chi connectivity index (χ2v) is 6.27. The smallest absolute Gasteiger partial charge is 0.126 e. The van der Waals surface area contributed by atoms with Gasteiger partial charge >= 0.3 is 0 Å². The molecule has 1 N–H and O–H groups in total. The Balaban J connectivity index is 2.50. The number of rotatable bonds is 7. The molecule has 1 aromatic rings. The zero-order valence-electron chi connectivity index (χ0n) is 13.4. The van der Waals surface area contributed by atoms with Gasteiger partial charge in [0.1, 0.15) is 5.82 Å².